The lowest BCUT2D eigenvalue weighted by molar-refractivity contribution is 0.0739. The summed E-state index contributed by atoms with van der Waals surface area (Å²) in [6.45, 7) is 1.28. The Morgan fingerprint density at radius 2 is 2.05 bits per heavy atom. The van der Waals surface area contributed by atoms with E-state index < -0.39 is 0 Å². The molecule has 1 aromatic rings. The number of ether oxygens (including phenoxy) is 2. The summed E-state index contributed by atoms with van der Waals surface area (Å²) in [6, 6.07) is 3.71. The molecular formula is C14H19IN2O3. The minimum atomic E-state index is 0.0169. The third-order valence-electron chi connectivity index (χ3n) is 3.61. The van der Waals surface area contributed by atoms with Crippen molar-refractivity contribution < 1.29 is 14.3 Å². The SMILES string of the molecule is COc1cc(I)c(C(=O)N2CCCC2CN)cc1OC. The molecule has 1 unspecified atom stereocenters. The predicted molar refractivity (Wildman–Crippen MR) is 85.4 cm³/mol. The topological polar surface area (TPSA) is 64.8 Å². The molecule has 2 N–H and O–H groups in total. The Bertz CT molecular complexity index is 507. The first-order chi connectivity index (χ1) is 9.62. The lowest BCUT2D eigenvalue weighted by Gasteiger charge is -2.24. The first-order valence-electron chi connectivity index (χ1n) is 6.55. The summed E-state index contributed by atoms with van der Waals surface area (Å²) < 4.78 is 11.4. The van der Waals surface area contributed by atoms with E-state index in [-0.39, 0.29) is 11.9 Å². The molecule has 1 heterocycles. The van der Waals surface area contributed by atoms with E-state index >= 15 is 0 Å². The molecule has 1 aromatic carbocycles. The van der Waals surface area contributed by atoms with Crippen molar-refractivity contribution in [1.82, 2.24) is 4.90 Å². The number of carbonyl (C=O) groups excluding carboxylic acids is 1. The Kier molecular flexibility index (Phi) is 5.09. The van der Waals surface area contributed by atoms with Crippen LogP contribution in [0.4, 0.5) is 0 Å². The van der Waals surface area contributed by atoms with E-state index in [0.29, 0.717) is 23.6 Å². The van der Waals surface area contributed by atoms with Gasteiger partial charge in [-0.2, -0.15) is 0 Å². The highest BCUT2D eigenvalue weighted by Crippen LogP contribution is 2.32. The largest absolute Gasteiger partial charge is 0.493 e. The van der Waals surface area contributed by atoms with E-state index in [1.54, 1.807) is 20.3 Å². The van der Waals surface area contributed by atoms with E-state index in [1.165, 1.54) is 0 Å². The number of nitrogens with two attached hydrogens (primary N) is 1. The van der Waals surface area contributed by atoms with E-state index in [0.717, 1.165) is 23.0 Å². The summed E-state index contributed by atoms with van der Waals surface area (Å²) in [5.41, 5.74) is 6.38. The maximum absolute atomic E-state index is 12.7. The van der Waals surface area contributed by atoms with Crippen LogP contribution in [-0.2, 0) is 0 Å². The van der Waals surface area contributed by atoms with Crippen molar-refractivity contribution in [2.75, 3.05) is 27.3 Å². The third-order valence-corrected chi connectivity index (χ3v) is 4.51. The number of hydrogen-bond donors (Lipinski definition) is 1. The molecule has 0 aliphatic carbocycles. The first-order valence-corrected chi connectivity index (χ1v) is 7.62. The van der Waals surface area contributed by atoms with Gasteiger partial charge >= 0.3 is 0 Å². The molecule has 1 fully saturated rings. The van der Waals surface area contributed by atoms with Crippen LogP contribution >= 0.6 is 22.6 Å². The minimum Gasteiger partial charge on any atom is -0.493 e. The van der Waals surface area contributed by atoms with Gasteiger partial charge in [-0.25, -0.2) is 0 Å². The molecule has 1 atom stereocenters. The average Bonchev–Trinajstić information content (AvgIpc) is 2.94. The lowest BCUT2D eigenvalue weighted by Crippen LogP contribution is -2.40. The number of halogens is 1. The molecule has 1 saturated heterocycles. The summed E-state index contributed by atoms with van der Waals surface area (Å²) in [7, 11) is 3.15. The molecule has 1 aliphatic heterocycles. The molecule has 0 radical (unpaired) electrons. The molecule has 0 aromatic heterocycles. The summed E-state index contributed by atoms with van der Waals surface area (Å²) >= 11 is 2.15. The standard InChI is InChI=1S/C14H19IN2O3/c1-19-12-6-10(11(15)7-13(12)20-2)14(18)17-5-3-4-9(17)8-16/h6-7,9H,3-5,8,16H2,1-2H3. The second-order valence-corrected chi connectivity index (χ2v) is 5.88. The number of likely N-dealkylation sites (tertiary alicyclic amines) is 1. The van der Waals surface area contributed by atoms with Gasteiger partial charge in [0.05, 0.1) is 19.8 Å². The van der Waals surface area contributed by atoms with Gasteiger partial charge in [0, 0.05) is 22.7 Å². The number of carbonyl (C=O) groups is 1. The Hall–Kier alpha value is -1.02. The van der Waals surface area contributed by atoms with Crippen molar-refractivity contribution in [2.45, 2.75) is 18.9 Å². The van der Waals surface area contributed by atoms with Crippen LogP contribution in [0.5, 0.6) is 11.5 Å². The van der Waals surface area contributed by atoms with Gasteiger partial charge < -0.3 is 20.1 Å². The van der Waals surface area contributed by atoms with Gasteiger partial charge in [-0.05, 0) is 47.6 Å². The molecule has 1 amide bonds. The van der Waals surface area contributed by atoms with Crippen LogP contribution in [0.2, 0.25) is 0 Å². The summed E-state index contributed by atoms with van der Waals surface area (Å²) in [4.78, 5) is 14.5. The lowest BCUT2D eigenvalue weighted by atomic mass is 10.1. The average molecular weight is 390 g/mol. The Morgan fingerprint density at radius 1 is 1.40 bits per heavy atom. The smallest absolute Gasteiger partial charge is 0.255 e. The maximum atomic E-state index is 12.7. The van der Waals surface area contributed by atoms with Crippen LogP contribution < -0.4 is 15.2 Å². The van der Waals surface area contributed by atoms with Crippen molar-refractivity contribution in [3.05, 3.63) is 21.3 Å². The number of benzene rings is 1. The molecular weight excluding hydrogens is 371 g/mol. The van der Waals surface area contributed by atoms with Crippen LogP contribution in [0.15, 0.2) is 12.1 Å². The van der Waals surface area contributed by atoms with Gasteiger partial charge in [-0.1, -0.05) is 0 Å². The highest BCUT2D eigenvalue weighted by molar-refractivity contribution is 14.1. The van der Waals surface area contributed by atoms with E-state index in [2.05, 4.69) is 22.6 Å². The van der Waals surface area contributed by atoms with E-state index in [1.807, 2.05) is 11.0 Å². The van der Waals surface area contributed by atoms with E-state index in [4.69, 9.17) is 15.2 Å². The second kappa shape index (κ2) is 6.62. The molecule has 110 valence electrons. The number of amides is 1. The van der Waals surface area contributed by atoms with Gasteiger partial charge in [-0.15, -0.1) is 0 Å². The molecule has 2 rings (SSSR count). The van der Waals surface area contributed by atoms with Crippen LogP contribution in [0.25, 0.3) is 0 Å². The second-order valence-electron chi connectivity index (χ2n) is 4.72. The van der Waals surface area contributed by atoms with Gasteiger partial charge in [0.1, 0.15) is 0 Å². The van der Waals surface area contributed by atoms with Crippen LogP contribution in [0.3, 0.4) is 0 Å². The fourth-order valence-corrected chi connectivity index (χ4v) is 3.19. The number of methoxy groups -OCH3 is 2. The normalized spacial score (nSPS) is 18.2. The van der Waals surface area contributed by atoms with Crippen LogP contribution in [0.1, 0.15) is 23.2 Å². The molecule has 0 spiro atoms. The quantitative estimate of drug-likeness (QED) is 0.798. The van der Waals surface area contributed by atoms with Gasteiger partial charge in [0.25, 0.3) is 5.91 Å². The monoisotopic (exact) mass is 390 g/mol. The Labute approximate surface area is 132 Å². The third kappa shape index (κ3) is 2.85. The predicted octanol–water partition coefficient (Wildman–Crippen LogP) is 1.87. The molecule has 20 heavy (non-hydrogen) atoms. The molecule has 0 bridgehead atoms. The fraction of sp³-hybridized carbons (Fsp3) is 0.500. The van der Waals surface area contributed by atoms with Crippen LogP contribution in [0, 0.1) is 3.57 Å². The van der Waals surface area contributed by atoms with Crippen molar-refractivity contribution in [3.63, 3.8) is 0 Å². The molecule has 5 nitrogen and oxygen atoms in total. The molecule has 0 saturated carbocycles. The van der Waals surface area contributed by atoms with Crippen molar-refractivity contribution in [2.24, 2.45) is 5.73 Å². The summed E-state index contributed by atoms with van der Waals surface area (Å²) in [6.07, 6.45) is 1.99. The zero-order valence-corrected chi connectivity index (χ0v) is 13.8. The minimum absolute atomic E-state index is 0.0169. The zero-order chi connectivity index (χ0) is 14.7. The van der Waals surface area contributed by atoms with Crippen LogP contribution in [-0.4, -0.2) is 44.2 Å². The highest BCUT2D eigenvalue weighted by atomic mass is 127. The maximum Gasteiger partial charge on any atom is 0.255 e. The molecule has 1 aliphatic rings. The van der Waals surface area contributed by atoms with Crippen molar-refractivity contribution in [1.29, 1.82) is 0 Å². The Balaban J connectivity index is 2.34. The summed E-state index contributed by atoms with van der Waals surface area (Å²) in [5, 5.41) is 0. The molecule has 6 heteroatoms. The van der Waals surface area contributed by atoms with Gasteiger partial charge in [-0.3, -0.25) is 4.79 Å². The number of nitrogens with zero attached hydrogens (tertiary/aromatic N) is 1. The number of hydrogen-bond acceptors (Lipinski definition) is 4. The highest BCUT2D eigenvalue weighted by Gasteiger charge is 2.30. The first kappa shape index (κ1) is 15.4. The van der Waals surface area contributed by atoms with Crippen molar-refractivity contribution >= 4 is 28.5 Å². The zero-order valence-electron chi connectivity index (χ0n) is 11.7. The van der Waals surface area contributed by atoms with Crippen molar-refractivity contribution in [3.8, 4) is 11.5 Å². The van der Waals surface area contributed by atoms with Gasteiger partial charge in [0.2, 0.25) is 0 Å². The number of rotatable bonds is 4. The summed E-state index contributed by atoms with van der Waals surface area (Å²) in [5.74, 6) is 1.22. The van der Waals surface area contributed by atoms with Gasteiger partial charge in [0.15, 0.2) is 11.5 Å². The van der Waals surface area contributed by atoms with E-state index in [9.17, 15) is 4.79 Å². The Morgan fingerprint density at radius 3 is 2.65 bits per heavy atom. The fourth-order valence-electron chi connectivity index (χ4n) is 2.52.